The number of carboxylic acid groups (broad SMARTS) is 1. The molecule has 7 heteroatoms. The van der Waals surface area contributed by atoms with E-state index in [9.17, 15) is 9.59 Å². The number of fused-ring (bicyclic) bond motifs is 1. The van der Waals surface area contributed by atoms with Gasteiger partial charge in [0.1, 0.15) is 19.0 Å². The van der Waals surface area contributed by atoms with Crippen molar-refractivity contribution in [3.8, 4) is 0 Å². The van der Waals surface area contributed by atoms with Crippen LogP contribution in [-0.2, 0) is 16.1 Å². The third-order valence-corrected chi connectivity index (χ3v) is 2.42. The van der Waals surface area contributed by atoms with Gasteiger partial charge in [0.05, 0.1) is 10.9 Å². The molecular formula is C11H9ClN2O4. The Morgan fingerprint density at radius 3 is 3.00 bits per heavy atom. The van der Waals surface area contributed by atoms with Gasteiger partial charge in [-0.2, -0.15) is 0 Å². The van der Waals surface area contributed by atoms with E-state index in [1.54, 1.807) is 12.1 Å². The fraction of sp³-hybridized carbons (Fsp3) is 0.182. The van der Waals surface area contributed by atoms with Crippen LogP contribution in [0, 0.1) is 0 Å². The highest BCUT2D eigenvalue weighted by atomic mass is 35.5. The molecule has 0 amide bonds. The molecule has 0 spiro atoms. The second-order valence-corrected chi connectivity index (χ2v) is 4.00. The standard InChI is InChI=1S/C11H9ClN2O4/c12-6-1-2-8-7(3-6)11(17)14-9(13-8)4-18-5-10(15)16/h1-3H,4-5H2,(H,15,16)(H,13,14,17). The molecule has 0 aliphatic carbocycles. The van der Waals surface area contributed by atoms with Crippen molar-refractivity contribution in [3.63, 3.8) is 0 Å². The lowest BCUT2D eigenvalue weighted by molar-refractivity contribution is -0.142. The summed E-state index contributed by atoms with van der Waals surface area (Å²) in [6.45, 7) is -0.511. The van der Waals surface area contributed by atoms with Gasteiger partial charge in [-0.3, -0.25) is 4.79 Å². The van der Waals surface area contributed by atoms with Crippen molar-refractivity contribution < 1.29 is 14.6 Å². The molecule has 0 aliphatic rings. The van der Waals surface area contributed by atoms with Crippen LogP contribution in [0.2, 0.25) is 5.02 Å². The molecule has 0 fully saturated rings. The first kappa shape index (κ1) is 12.5. The summed E-state index contributed by atoms with van der Waals surface area (Å²) in [4.78, 5) is 28.6. The first-order valence-electron chi connectivity index (χ1n) is 5.04. The molecule has 0 radical (unpaired) electrons. The molecule has 18 heavy (non-hydrogen) atoms. The number of halogens is 1. The summed E-state index contributed by atoms with van der Waals surface area (Å²) in [5.41, 5.74) is 0.147. The van der Waals surface area contributed by atoms with E-state index in [0.717, 1.165) is 0 Å². The number of aromatic amines is 1. The summed E-state index contributed by atoms with van der Waals surface area (Å²) in [5, 5.41) is 9.24. The molecular weight excluding hydrogens is 260 g/mol. The smallest absolute Gasteiger partial charge is 0.329 e. The minimum absolute atomic E-state index is 0.0693. The van der Waals surface area contributed by atoms with Crippen molar-refractivity contribution in [2.75, 3.05) is 6.61 Å². The molecule has 1 aromatic carbocycles. The molecule has 1 aromatic heterocycles. The Bertz CT molecular complexity index is 653. The van der Waals surface area contributed by atoms with Gasteiger partial charge in [-0.25, -0.2) is 9.78 Å². The summed E-state index contributed by atoms with van der Waals surface area (Å²) < 4.78 is 4.85. The van der Waals surface area contributed by atoms with Gasteiger partial charge in [0.15, 0.2) is 0 Å². The maximum Gasteiger partial charge on any atom is 0.329 e. The summed E-state index contributed by atoms with van der Waals surface area (Å²) in [6, 6.07) is 4.76. The number of benzene rings is 1. The molecule has 0 saturated carbocycles. The number of H-pyrrole nitrogens is 1. The number of hydrogen-bond acceptors (Lipinski definition) is 4. The Kier molecular flexibility index (Phi) is 3.59. The maximum absolute atomic E-state index is 11.7. The third kappa shape index (κ3) is 2.85. The van der Waals surface area contributed by atoms with E-state index < -0.39 is 12.6 Å². The lowest BCUT2D eigenvalue weighted by Gasteiger charge is -2.03. The second-order valence-electron chi connectivity index (χ2n) is 3.56. The monoisotopic (exact) mass is 268 g/mol. The Labute approximate surface area is 106 Å². The fourth-order valence-corrected chi connectivity index (χ4v) is 1.63. The van der Waals surface area contributed by atoms with Crippen LogP contribution in [0.15, 0.2) is 23.0 Å². The summed E-state index contributed by atoms with van der Waals surface area (Å²) in [7, 11) is 0. The Morgan fingerprint density at radius 1 is 1.50 bits per heavy atom. The van der Waals surface area contributed by atoms with Gasteiger partial charge in [-0.05, 0) is 18.2 Å². The number of aromatic nitrogens is 2. The molecule has 2 rings (SSSR count). The normalized spacial score (nSPS) is 10.7. The van der Waals surface area contributed by atoms with Crippen molar-refractivity contribution >= 4 is 28.5 Å². The minimum Gasteiger partial charge on any atom is -0.480 e. The predicted octanol–water partition coefficient (Wildman–Crippen LogP) is 1.18. The van der Waals surface area contributed by atoms with Crippen LogP contribution in [0.25, 0.3) is 10.9 Å². The Morgan fingerprint density at radius 2 is 2.28 bits per heavy atom. The first-order valence-corrected chi connectivity index (χ1v) is 5.42. The van der Waals surface area contributed by atoms with Crippen LogP contribution in [0.4, 0.5) is 0 Å². The zero-order valence-corrected chi connectivity index (χ0v) is 9.90. The van der Waals surface area contributed by atoms with E-state index >= 15 is 0 Å². The van der Waals surface area contributed by atoms with E-state index in [-0.39, 0.29) is 18.0 Å². The van der Waals surface area contributed by atoms with E-state index in [2.05, 4.69) is 9.97 Å². The molecule has 6 nitrogen and oxygen atoms in total. The van der Waals surface area contributed by atoms with Crippen LogP contribution in [0.3, 0.4) is 0 Å². The number of ether oxygens (including phenoxy) is 1. The molecule has 0 atom stereocenters. The lowest BCUT2D eigenvalue weighted by atomic mass is 10.2. The van der Waals surface area contributed by atoms with Gasteiger partial charge in [-0.1, -0.05) is 11.6 Å². The average Bonchev–Trinajstić information content (AvgIpc) is 2.30. The van der Waals surface area contributed by atoms with Crippen molar-refractivity contribution in [1.29, 1.82) is 0 Å². The van der Waals surface area contributed by atoms with Crippen LogP contribution in [0.1, 0.15) is 5.82 Å². The highest BCUT2D eigenvalue weighted by Gasteiger charge is 2.05. The predicted molar refractivity (Wildman–Crippen MR) is 64.7 cm³/mol. The van der Waals surface area contributed by atoms with Crippen molar-refractivity contribution in [2.45, 2.75) is 6.61 Å². The topological polar surface area (TPSA) is 92.3 Å². The molecule has 0 unspecified atom stereocenters. The number of carbonyl (C=O) groups is 1. The zero-order chi connectivity index (χ0) is 13.1. The number of nitrogens with one attached hydrogen (secondary N) is 1. The van der Waals surface area contributed by atoms with Crippen LogP contribution >= 0.6 is 11.6 Å². The maximum atomic E-state index is 11.7. The van der Waals surface area contributed by atoms with Crippen molar-refractivity contribution in [3.05, 3.63) is 39.4 Å². The largest absolute Gasteiger partial charge is 0.480 e. The lowest BCUT2D eigenvalue weighted by Crippen LogP contribution is -2.14. The fourth-order valence-electron chi connectivity index (χ4n) is 1.46. The molecule has 2 aromatic rings. The highest BCUT2D eigenvalue weighted by molar-refractivity contribution is 6.31. The number of carboxylic acids is 1. The van der Waals surface area contributed by atoms with Gasteiger partial charge in [0.25, 0.3) is 5.56 Å². The molecule has 1 heterocycles. The highest BCUT2D eigenvalue weighted by Crippen LogP contribution is 2.14. The van der Waals surface area contributed by atoms with Gasteiger partial charge in [0.2, 0.25) is 0 Å². The zero-order valence-electron chi connectivity index (χ0n) is 9.14. The molecule has 0 aliphatic heterocycles. The van der Waals surface area contributed by atoms with Gasteiger partial charge >= 0.3 is 5.97 Å². The summed E-state index contributed by atoms with van der Waals surface area (Å²) >= 11 is 5.78. The van der Waals surface area contributed by atoms with Crippen LogP contribution in [0.5, 0.6) is 0 Å². The van der Waals surface area contributed by atoms with Crippen LogP contribution < -0.4 is 5.56 Å². The van der Waals surface area contributed by atoms with E-state index in [4.69, 9.17) is 21.4 Å². The average molecular weight is 269 g/mol. The first-order chi connectivity index (χ1) is 8.56. The van der Waals surface area contributed by atoms with Crippen LogP contribution in [-0.4, -0.2) is 27.7 Å². The molecule has 0 saturated heterocycles. The van der Waals surface area contributed by atoms with Gasteiger partial charge < -0.3 is 14.8 Å². The van der Waals surface area contributed by atoms with Gasteiger partial charge in [-0.15, -0.1) is 0 Å². The van der Waals surface area contributed by atoms with Gasteiger partial charge in [0, 0.05) is 5.02 Å². The summed E-state index contributed by atoms with van der Waals surface area (Å²) in [6.07, 6.45) is 0. The number of nitrogens with zero attached hydrogens (tertiary/aromatic N) is 1. The Hall–Kier alpha value is -1.92. The number of rotatable bonds is 4. The molecule has 0 bridgehead atoms. The third-order valence-electron chi connectivity index (χ3n) is 2.18. The van der Waals surface area contributed by atoms with E-state index in [1.165, 1.54) is 6.07 Å². The molecule has 94 valence electrons. The van der Waals surface area contributed by atoms with Crippen molar-refractivity contribution in [2.24, 2.45) is 0 Å². The quantitative estimate of drug-likeness (QED) is 0.868. The minimum atomic E-state index is -1.08. The number of aliphatic carboxylic acids is 1. The van der Waals surface area contributed by atoms with E-state index in [0.29, 0.717) is 15.9 Å². The SMILES string of the molecule is O=C(O)COCc1nc2ccc(Cl)cc2c(=O)[nH]1. The second kappa shape index (κ2) is 5.16. The Balaban J connectivity index is 2.29. The number of hydrogen-bond donors (Lipinski definition) is 2. The van der Waals surface area contributed by atoms with Crippen molar-refractivity contribution in [1.82, 2.24) is 9.97 Å². The summed E-state index contributed by atoms with van der Waals surface area (Å²) in [5.74, 6) is -0.805. The van der Waals surface area contributed by atoms with E-state index in [1.807, 2.05) is 0 Å². The molecule has 2 N–H and O–H groups in total.